The molecule has 3 N–H and O–H groups in total. The van der Waals surface area contributed by atoms with Gasteiger partial charge in [0.15, 0.2) is 5.82 Å². The molecule has 2 aromatic rings. The van der Waals surface area contributed by atoms with E-state index in [1.807, 2.05) is 6.92 Å². The van der Waals surface area contributed by atoms with Crippen LogP contribution in [0.5, 0.6) is 0 Å². The smallest absolute Gasteiger partial charge is 0.320 e. The standard InChI is InChI=1S/C16H20FN5O/c1-10(11-3-4-11)19-16(23)20-15-7-8-22(21-15)12-5-6-14(18-2)13(17)9-12/h5-11,18H,3-4H2,1-2H3,(H2,19,20,21,23)/t10-/m0/s1. The minimum absolute atomic E-state index is 0.167. The summed E-state index contributed by atoms with van der Waals surface area (Å²) in [5.74, 6) is 0.654. The van der Waals surface area contributed by atoms with Crippen molar-refractivity contribution in [2.24, 2.45) is 5.92 Å². The summed E-state index contributed by atoms with van der Waals surface area (Å²) in [6.45, 7) is 2.00. The fraction of sp³-hybridized carbons (Fsp3) is 0.375. The zero-order valence-electron chi connectivity index (χ0n) is 13.1. The van der Waals surface area contributed by atoms with Gasteiger partial charge in [0.05, 0.1) is 11.4 Å². The molecule has 1 heterocycles. The Labute approximate surface area is 134 Å². The summed E-state index contributed by atoms with van der Waals surface area (Å²) >= 11 is 0. The van der Waals surface area contributed by atoms with Gasteiger partial charge in [0.1, 0.15) is 5.82 Å². The molecule has 1 aliphatic carbocycles. The second-order valence-electron chi connectivity index (χ2n) is 5.78. The van der Waals surface area contributed by atoms with E-state index in [0.29, 0.717) is 23.1 Å². The Hall–Kier alpha value is -2.57. The number of urea groups is 1. The number of carbonyl (C=O) groups excluding carboxylic acids is 1. The van der Waals surface area contributed by atoms with Gasteiger partial charge in [-0.15, -0.1) is 5.10 Å². The number of aromatic nitrogens is 2. The number of hydrogen-bond acceptors (Lipinski definition) is 3. The van der Waals surface area contributed by atoms with Crippen molar-refractivity contribution in [3.63, 3.8) is 0 Å². The molecule has 23 heavy (non-hydrogen) atoms. The average Bonchev–Trinajstić information content (AvgIpc) is 3.27. The summed E-state index contributed by atoms with van der Waals surface area (Å²) in [7, 11) is 1.66. The molecular weight excluding hydrogens is 297 g/mol. The molecule has 1 fully saturated rings. The number of rotatable bonds is 5. The average molecular weight is 317 g/mol. The van der Waals surface area contributed by atoms with Crippen LogP contribution in [0.25, 0.3) is 5.69 Å². The summed E-state index contributed by atoms with van der Waals surface area (Å²) in [6, 6.07) is 6.35. The number of nitrogens with one attached hydrogen (secondary N) is 3. The number of halogens is 1. The lowest BCUT2D eigenvalue weighted by Gasteiger charge is -2.12. The highest BCUT2D eigenvalue weighted by molar-refractivity contribution is 5.88. The largest absolute Gasteiger partial charge is 0.386 e. The van der Waals surface area contributed by atoms with E-state index in [9.17, 15) is 9.18 Å². The first-order valence-electron chi connectivity index (χ1n) is 7.67. The van der Waals surface area contributed by atoms with Crippen LogP contribution in [-0.2, 0) is 0 Å². The molecule has 3 rings (SSSR count). The van der Waals surface area contributed by atoms with Crippen molar-refractivity contribution in [1.82, 2.24) is 15.1 Å². The lowest BCUT2D eigenvalue weighted by Crippen LogP contribution is -2.37. The van der Waals surface area contributed by atoms with Crippen LogP contribution in [-0.4, -0.2) is 28.9 Å². The van der Waals surface area contributed by atoms with E-state index < -0.39 is 0 Å². The van der Waals surface area contributed by atoms with Crippen molar-refractivity contribution in [2.45, 2.75) is 25.8 Å². The highest BCUT2D eigenvalue weighted by Gasteiger charge is 2.28. The molecule has 0 saturated heterocycles. The van der Waals surface area contributed by atoms with Gasteiger partial charge in [-0.3, -0.25) is 5.32 Å². The predicted molar refractivity (Wildman–Crippen MR) is 87.4 cm³/mol. The van der Waals surface area contributed by atoms with Crippen molar-refractivity contribution in [3.8, 4) is 5.69 Å². The summed E-state index contributed by atoms with van der Waals surface area (Å²) in [5.41, 5.74) is 1.01. The maximum absolute atomic E-state index is 13.8. The van der Waals surface area contributed by atoms with E-state index >= 15 is 0 Å². The van der Waals surface area contributed by atoms with Crippen LogP contribution >= 0.6 is 0 Å². The summed E-state index contributed by atoms with van der Waals surface area (Å²) in [4.78, 5) is 11.9. The van der Waals surface area contributed by atoms with Gasteiger partial charge < -0.3 is 10.6 Å². The fourth-order valence-corrected chi connectivity index (χ4v) is 2.46. The first-order chi connectivity index (χ1) is 11.1. The molecule has 1 atom stereocenters. The van der Waals surface area contributed by atoms with Gasteiger partial charge in [0.25, 0.3) is 0 Å². The molecular formula is C16H20FN5O. The van der Waals surface area contributed by atoms with Gasteiger partial charge >= 0.3 is 6.03 Å². The molecule has 0 aliphatic heterocycles. The Morgan fingerprint density at radius 3 is 2.83 bits per heavy atom. The Morgan fingerprint density at radius 2 is 2.17 bits per heavy atom. The van der Waals surface area contributed by atoms with Crippen molar-refractivity contribution in [1.29, 1.82) is 0 Å². The Bertz CT molecular complexity index is 710. The van der Waals surface area contributed by atoms with Crippen LogP contribution in [0.2, 0.25) is 0 Å². The zero-order chi connectivity index (χ0) is 16.4. The summed E-state index contributed by atoms with van der Waals surface area (Å²) < 4.78 is 15.3. The van der Waals surface area contributed by atoms with E-state index in [4.69, 9.17) is 0 Å². The van der Waals surface area contributed by atoms with E-state index in [1.165, 1.54) is 23.6 Å². The second kappa shape index (κ2) is 6.28. The van der Waals surface area contributed by atoms with Crippen LogP contribution in [0, 0.1) is 11.7 Å². The van der Waals surface area contributed by atoms with E-state index in [0.717, 1.165) is 0 Å². The second-order valence-corrected chi connectivity index (χ2v) is 5.78. The molecule has 1 aromatic carbocycles. The molecule has 2 amide bonds. The van der Waals surface area contributed by atoms with Crippen LogP contribution in [0.3, 0.4) is 0 Å². The Morgan fingerprint density at radius 1 is 1.39 bits per heavy atom. The van der Waals surface area contributed by atoms with Gasteiger partial charge in [-0.2, -0.15) is 0 Å². The number of amides is 2. The quantitative estimate of drug-likeness (QED) is 0.794. The maximum Gasteiger partial charge on any atom is 0.320 e. The van der Waals surface area contributed by atoms with Crippen LogP contribution < -0.4 is 16.0 Å². The van der Waals surface area contributed by atoms with Gasteiger partial charge in [0, 0.05) is 31.4 Å². The van der Waals surface area contributed by atoms with E-state index in [1.54, 1.807) is 31.4 Å². The lowest BCUT2D eigenvalue weighted by atomic mass is 10.2. The summed E-state index contributed by atoms with van der Waals surface area (Å²) in [6.07, 6.45) is 4.02. The van der Waals surface area contributed by atoms with Gasteiger partial charge in [0.2, 0.25) is 0 Å². The van der Waals surface area contributed by atoms with Crippen molar-refractivity contribution in [3.05, 3.63) is 36.3 Å². The third kappa shape index (κ3) is 3.61. The number of nitrogens with zero attached hydrogens (tertiary/aromatic N) is 2. The van der Waals surface area contributed by atoms with Crippen LogP contribution in [0.1, 0.15) is 19.8 Å². The normalized spacial score (nSPS) is 15.1. The molecule has 0 radical (unpaired) electrons. The molecule has 7 heteroatoms. The maximum atomic E-state index is 13.8. The fourth-order valence-electron chi connectivity index (χ4n) is 2.46. The number of benzene rings is 1. The number of anilines is 2. The highest BCUT2D eigenvalue weighted by Crippen LogP contribution is 2.32. The molecule has 1 saturated carbocycles. The minimum atomic E-state index is -0.356. The van der Waals surface area contributed by atoms with Crippen LogP contribution in [0.15, 0.2) is 30.5 Å². The van der Waals surface area contributed by atoms with Crippen molar-refractivity contribution >= 4 is 17.5 Å². The molecule has 122 valence electrons. The topological polar surface area (TPSA) is 71.0 Å². The number of carbonyl (C=O) groups is 1. The monoisotopic (exact) mass is 317 g/mol. The summed E-state index contributed by atoms with van der Waals surface area (Å²) in [5, 5.41) is 12.6. The zero-order valence-corrected chi connectivity index (χ0v) is 13.1. The molecule has 6 nitrogen and oxygen atoms in total. The number of hydrogen-bond donors (Lipinski definition) is 3. The highest BCUT2D eigenvalue weighted by atomic mass is 19.1. The Balaban J connectivity index is 1.65. The molecule has 1 aliphatic rings. The molecule has 0 unspecified atom stereocenters. The predicted octanol–water partition coefficient (Wildman–Crippen LogP) is 2.97. The first-order valence-corrected chi connectivity index (χ1v) is 7.67. The first kappa shape index (κ1) is 15.3. The molecule has 0 spiro atoms. The van der Waals surface area contributed by atoms with Gasteiger partial charge in [-0.05, 0) is 37.8 Å². The van der Waals surface area contributed by atoms with E-state index in [2.05, 4.69) is 21.0 Å². The lowest BCUT2D eigenvalue weighted by molar-refractivity contribution is 0.248. The third-order valence-electron chi connectivity index (χ3n) is 4.01. The van der Waals surface area contributed by atoms with Crippen LogP contribution in [0.4, 0.5) is 20.7 Å². The third-order valence-corrected chi connectivity index (χ3v) is 4.01. The van der Waals surface area contributed by atoms with Gasteiger partial charge in [-0.25, -0.2) is 13.9 Å². The SMILES string of the molecule is CNc1ccc(-n2ccc(NC(=O)N[C@@H](C)C3CC3)n2)cc1F. The van der Waals surface area contributed by atoms with Crippen molar-refractivity contribution < 1.29 is 9.18 Å². The molecule has 0 bridgehead atoms. The van der Waals surface area contributed by atoms with Crippen molar-refractivity contribution in [2.75, 3.05) is 17.7 Å². The van der Waals surface area contributed by atoms with E-state index in [-0.39, 0.29) is 17.9 Å². The Kier molecular flexibility index (Phi) is 4.18. The minimum Gasteiger partial charge on any atom is -0.386 e. The molecule has 1 aromatic heterocycles. The van der Waals surface area contributed by atoms with Gasteiger partial charge in [-0.1, -0.05) is 0 Å².